The van der Waals surface area contributed by atoms with Crippen LogP contribution in [0.3, 0.4) is 0 Å². The maximum absolute atomic E-state index is 12.1. The Bertz CT molecular complexity index is 2010. The molecule has 1 aromatic heterocycles. The zero-order valence-electron chi connectivity index (χ0n) is 50.0. The van der Waals surface area contributed by atoms with Crippen LogP contribution in [-0.4, -0.2) is 94.4 Å². The third kappa shape index (κ3) is 25.1. The van der Waals surface area contributed by atoms with E-state index < -0.39 is 0 Å². The van der Waals surface area contributed by atoms with Crippen molar-refractivity contribution in [3.8, 4) is 22.6 Å². The molecule has 3 fully saturated rings. The van der Waals surface area contributed by atoms with Crippen LogP contribution in [0.2, 0.25) is 0 Å². The van der Waals surface area contributed by atoms with Crippen molar-refractivity contribution in [3.63, 3.8) is 0 Å². The average molecular weight is 1050 g/mol. The van der Waals surface area contributed by atoms with Gasteiger partial charge in [0, 0.05) is 71.4 Å². The number of benzene rings is 3. The summed E-state index contributed by atoms with van der Waals surface area (Å²) in [6.45, 7) is 35.9. The molecule has 75 heavy (non-hydrogen) atoms. The maximum Gasteiger partial charge on any atom is 0.257 e. The highest BCUT2D eigenvalue weighted by molar-refractivity contribution is 8.00. The van der Waals surface area contributed by atoms with E-state index in [1.54, 1.807) is 11.8 Å². The Morgan fingerprint density at radius 1 is 0.693 bits per heavy atom. The van der Waals surface area contributed by atoms with Gasteiger partial charge in [-0.05, 0) is 125 Å². The number of amides is 1. The summed E-state index contributed by atoms with van der Waals surface area (Å²) in [6, 6.07) is 31.2. The molecule has 420 valence electrons. The van der Waals surface area contributed by atoms with E-state index >= 15 is 0 Å². The molecule has 8 nitrogen and oxygen atoms in total. The summed E-state index contributed by atoms with van der Waals surface area (Å²) < 4.78 is 6.15. The lowest BCUT2D eigenvalue weighted by Crippen LogP contribution is -2.57. The van der Waals surface area contributed by atoms with Crippen molar-refractivity contribution in [2.24, 2.45) is 5.92 Å². The van der Waals surface area contributed by atoms with Crippen molar-refractivity contribution in [1.29, 1.82) is 0 Å². The molecule has 0 spiro atoms. The van der Waals surface area contributed by atoms with Crippen LogP contribution in [-0.2, 0) is 4.79 Å². The highest BCUT2D eigenvalue weighted by Crippen LogP contribution is 2.39. The molecule has 3 atom stereocenters. The van der Waals surface area contributed by atoms with Crippen molar-refractivity contribution in [2.45, 2.75) is 245 Å². The van der Waals surface area contributed by atoms with E-state index in [1.165, 1.54) is 147 Å². The van der Waals surface area contributed by atoms with Crippen molar-refractivity contribution in [1.82, 2.24) is 25.4 Å². The molecular formula is C66H108N6O2S. The van der Waals surface area contributed by atoms with E-state index in [2.05, 4.69) is 143 Å². The minimum Gasteiger partial charge on any atom is -0.431 e. The van der Waals surface area contributed by atoms with Gasteiger partial charge < -0.3 is 24.9 Å². The van der Waals surface area contributed by atoms with Crippen molar-refractivity contribution in [2.75, 3.05) is 44.2 Å². The van der Waals surface area contributed by atoms with Crippen LogP contribution < -0.4 is 15.5 Å². The second kappa shape index (κ2) is 34.3. The number of aryl methyl sites for hydroxylation is 1. The number of anilines is 1. The van der Waals surface area contributed by atoms with Gasteiger partial charge in [0.2, 0.25) is 5.91 Å². The summed E-state index contributed by atoms with van der Waals surface area (Å²) in [5.74, 6) is 1.84. The van der Waals surface area contributed by atoms with Gasteiger partial charge in [-0.1, -0.05) is 202 Å². The summed E-state index contributed by atoms with van der Waals surface area (Å²) in [5.41, 5.74) is 5.61. The second-order valence-electron chi connectivity index (χ2n) is 24.4. The van der Waals surface area contributed by atoms with Gasteiger partial charge in [-0.15, -0.1) is 0 Å². The van der Waals surface area contributed by atoms with Gasteiger partial charge in [-0.25, -0.2) is 4.98 Å². The largest absolute Gasteiger partial charge is 0.431 e. The van der Waals surface area contributed by atoms with Crippen LogP contribution in [0.5, 0.6) is 0 Å². The smallest absolute Gasteiger partial charge is 0.257 e. The number of unbranched alkanes of at least 4 members (excludes halogenated alkanes) is 10. The maximum atomic E-state index is 12.1. The van der Waals surface area contributed by atoms with E-state index in [4.69, 9.17) is 9.40 Å². The lowest BCUT2D eigenvalue weighted by molar-refractivity contribution is -0.126. The first kappa shape index (κ1) is 63.9. The van der Waals surface area contributed by atoms with Gasteiger partial charge in [-0.3, -0.25) is 9.69 Å². The first-order valence-electron chi connectivity index (χ1n) is 30.1. The first-order valence-corrected chi connectivity index (χ1v) is 30.9. The molecule has 9 heteroatoms. The molecule has 1 amide bonds. The minimum atomic E-state index is -0.123. The van der Waals surface area contributed by atoms with Gasteiger partial charge in [-0.2, -0.15) is 0 Å². The Kier molecular flexibility index (Phi) is 29.2. The van der Waals surface area contributed by atoms with Crippen molar-refractivity contribution >= 4 is 23.4 Å². The second-order valence-corrected chi connectivity index (χ2v) is 26.2. The van der Waals surface area contributed by atoms with Crippen LogP contribution in [0.15, 0.2) is 94.6 Å². The van der Waals surface area contributed by atoms with E-state index in [0.717, 1.165) is 54.1 Å². The van der Waals surface area contributed by atoms with E-state index in [0.29, 0.717) is 17.3 Å². The summed E-state index contributed by atoms with van der Waals surface area (Å²) >= 11 is 1.65. The number of nitrogens with one attached hydrogen (secondary N) is 2. The number of hydrogen-bond acceptors (Lipinski definition) is 8. The standard InChI is InChI=1S/C19H19NOS.C19H41N.C14H26N2O.C14H22N2/c1-19(2,3)22-18-20-16(14-10-6-4-7-11-14)17(21-18)15-12-8-5-9-13-15;1-5-7-9-11-13-15-17-20(19(3)4)18-16-14-12-10-8-6-2;1-14(2,3)16-13(17)12-9-8-10-6-4-5-7-11(10)15-12;1-12(2)15-8-10-16(11-9-15)14-6-4-13(3)5-7-14/h4-13H,1-3H3;19H,5-18H2,1-4H3;10-12,15H,4-9H2,1-3H3,(H,16,17);4-7,12H,8-11H2,1-3H3/t;;10-,11-,12-;/m..1./s1. The SMILES string of the molecule is CC(C)(C)NC(=O)[C@H]1CC[C@H]2CCCC[C@H]2N1.CC(C)(C)Sc1nc(-c2ccccc2)c(-c2ccccc2)o1.CCCCCCCCN(CCCCCCCC)C(C)C.Cc1ccc(N2CCN(C(C)C)CC2)cc1. The van der Waals surface area contributed by atoms with E-state index in [-0.39, 0.29) is 22.2 Å². The number of oxazole rings is 1. The predicted molar refractivity (Wildman–Crippen MR) is 326 cm³/mol. The number of nitrogens with zero attached hydrogens (tertiary/aromatic N) is 4. The minimum absolute atomic E-state index is 0.0357. The molecular weight excluding hydrogens is 941 g/mol. The molecule has 7 rings (SSSR count). The fourth-order valence-corrected chi connectivity index (χ4v) is 11.2. The summed E-state index contributed by atoms with van der Waals surface area (Å²) in [5, 5.41) is 7.36. The topological polar surface area (TPSA) is 76.9 Å². The number of carbonyl (C=O) groups excluding carboxylic acids is 1. The number of carbonyl (C=O) groups is 1. The lowest BCUT2D eigenvalue weighted by Gasteiger charge is -2.40. The van der Waals surface area contributed by atoms with E-state index in [9.17, 15) is 4.79 Å². The Morgan fingerprint density at radius 2 is 1.23 bits per heavy atom. The number of rotatable bonds is 21. The van der Waals surface area contributed by atoms with Crippen LogP contribution in [0.4, 0.5) is 5.69 Å². The first-order chi connectivity index (χ1) is 35.9. The molecule has 2 aliphatic heterocycles. The average Bonchev–Trinajstić information content (AvgIpc) is 3.81. The molecule has 0 bridgehead atoms. The number of piperazine rings is 1. The van der Waals surface area contributed by atoms with Crippen LogP contribution >= 0.6 is 11.8 Å². The molecule has 2 saturated heterocycles. The zero-order valence-corrected chi connectivity index (χ0v) is 50.8. The number of thioether (sulfide) groups is 1. The summed E-state index contributed by atoms with van der Waals surface area (Å²) in [4.78, 5) is 24.6. The molecule has 0 unspecified atom stereocenters. The molecule has 1 saturated carbocycles. The number of piperidine rings is 1. The molecule has 4 aromatic rings. The number of fused-ring (bicyclic) bond motifs is 1. The predicted octanol–water partition coefficient (Wildman–Crippen LogP) is 17.1. The fraction of sp³-hybridized carbons (Fsp3) is 0.667. The molecule has 0 radical (unpaired) electrons. The fourth-order valence-electron chi connectivity index (χ4n) is 10.4. The molecule has 1 aliphatic carbocycles. The van der Waals surface area contributed by atoms with Crippen LogP contribution in [0, 0.1) is 12.8 Å². The Hall–Kier alpha value is -3.63. The van der Waals surface area contributed by atoms with Crippen LogP contribution in [0.25, 0.3) is 22.6 Å². The molecule has 3 aliphatic rings. The van der Waals surface area contributed by atoms with Crippen molar-refractivity contribution < 1.29 is 9.21 Å². The third-order valence-electron chi connectivity index (χ3n) is 14.8. The quantitative estimate of drug-likeness (QED) is 0.0631. The van der Waals surface area contributed by atoms with Gasteiger partial charge >= 0.3 is 0 Å². The molecule has 3 aromatic carbocycles. The number of hydrogen-bond donors (Lipinski definition) is 2. The van der Waals surface area contributed by atoms with Crippen LogP contribution in [0.1, 0.15) is 204 Å². The normalized spacial score (nSPS) is 18.1. The number of aromatic nitrogens is 1. The third-order valence-corrected chi connectivity index (χ3v) is 15.8. The monoisotopic (exact) mass is 1050 g/mol. The van der Waals surface area contributed by atoms with E-state index in [1.807, 2.05) is 57.2 Å². The summed E-state index contributed by atoms with van der Waals surface area (Å²) in [7, 11) is 0. The Labute approximate surface area is 464 Å². The van der Waals surface area contributed by atoms with Gasteiger partial charge in [0.05, 0.1) is 6.04 Å². The highest BCUT2D eigenvalue weighted by atomic mass is 32.2. The van der Waals surface area contributed by atoms with Gasteiger partial charge in [0.15, 0.2) is 5.76 Å². The van der Waals surface area contributed by atoms with Crippen molar-refractivity contribution in [3.05, 3.63) is 90.5 Å². The van der Waals surface area contributed by atoms with Gasteiger partial charge in [0.25, 0.3) is 5.22 Å². The highest BCUT2D eigenvalue weighted by Gasteiger charge is 2.35. The molecule has 2 N–H and O–H groups in total. The Morgan fingerprint density at radius 3 is 1.75 bits per heavy atom. The molecule has 3 heterocycles. The zero-order chi connectivity index (χ0) is 54.6. The lowest BCUT2D eigenvalue weighted by atomic mass is 9.77. The Balaban J connectivity index is 0.000000218. The van der Waals surface area contributed by atoms with Gasteiger partial charge in [0.1, 0.15) is 5.69 Å². The summed E-state index contributed by atoms with van der Waals surface area (Å²) in [6.07, 6.45) is 24.5.